The highest BCUT2D eigenvalue weighted by Gasteiger charge is 2.18. The maximum Gasteiger partial charge on any atom is 0.280 e. The van der Waals surface area contributed by atoms with E-state index in [2.05, 4.69) is 10.4 Å². The van der Waals surface area contributed by atoms with E-state index in [-0.39, 0.29) is 16.8 Å². The molecule has 1 heterocycles. The van der Waals surface area contributed by atoms with Gasteiger partial charge in [-0.2, -0.15) is 5.10 Å². The molecular formula is C21H13F2N3O2. The van der Waals surface area contributed by atoms with Crippen molar-refractivity contribution >= 4 is 22.5 Å². The van der Waals surface area contributed by atoms with Crippen LogP contribution in [0, 0.1) is 11.6 Å². The number of anilines is 1. The molecule has 138 valence electrons. The molecule has 0 radical (unpaired) electrons. The van der Waals surface area contributed by atoms with E-state index in [9.17, 15) is 18.4 Å². The van der Waals surface area contributed by atoms with Crippen LogP contribution in [0.25, 0.3) is 16.6 Å². The van der Waals surface area contributed by atoms with Crippen molar-refractivity contribution in [2.24, 2.45) is 0 Å². The van der Waals surface area contributed by atoms with Gasteiger partial charge in [0.25, 0.3) is 5.91 Å². The van der Waals surface area contributed by atoms with Crippen molar-refractivity contribution in [3.63, 3.8) is 0 Å². The number of benzene rings is 3. The van der Waals surface area contributed by atoms with Gasteiger partial charge in [-0.3, -0.25) is 9.59 Å². The lowest BCUT2D eigenvalue weighted by molar-refractivity contribution is 0.102. The number of fused-ring (bicyclic) bond motifs is 1. The summed E-state index contributed by atoms with van der Waals surface area (Å²) >= 11 is 0. The SMILES string of the molecule is O=C(Nc1cccc(F)c1)c1nn(-c2ccc(F)cc2)c2ccccc2c1=O. The third kappa shape index (κ3) is 3.25. The number of nitrogens with one attached hydrogen (secondary N) is 1. The van der Waals surface area contributed by atoms with E-state index in [0.29, 0.717) is 11.2 Å². The molecule has 28 heavy (non-hydrogen) atoms. The number of amides is 1. The number of nitrogens with zero attached hydrogens (tertiary/aromatic N) is 2. The summed E-state index contributed by atoms with van der Waals surface area (Å²) in [6.45, 7) is 0. The van der Waals surface area contributed by atoms with Crippen molar-refractivity contribution in [2.75, 3.05) is 5.32 Å². The Labute approximate surface area is 157 Å². The van der Waals surface area contributed by atoms with Gasteiger partial charge in [0.1, 0.15) is 11.6 Å². The second-order valence-electron chi connectivity index (χ2n) is 6.05. The van der Waals surface area contributed by atoms with Crippen molar-refractivity contribution in [1.29, 1.82) is 0 Å². The molecule has 0 fully saturated rings. The second-order valence-corrected chi connectivity index (χ2v) is 6.05. The predicted molar refractivity (Wildman–Crippen MR) is 102 cm³/mol. The summed E-state index contributed by atoms with van der Waals surface area (Å²) in [5.41, 5.74) is 0.252. The highest BCUT2D eigenvalue weighted by atomic mass is 19.1. The Morgan fingerprint density at radius 2 is 1.64 bits per heavy atom. The van der Waals surface area contributed by atoms with E-state index < -0.39 is 23.0 Å². The van der Waals surface area contributed by atoms with E-state index >= 15 is 0 Å². The minimum atomic E-state index is -0.766. The van der Waals surface area contributed by atoms with E-state index in [0.717, 1.165) is 6.07 Å². The van der Waals surface area contributed by atoms with Gasteiger partial charge in [-0.15, -0.1) is 0 Å². The Kier molecular flexibility index (Phi) is 4.41. The molecule has 4 aromatic rings. The average Bonchev–Trinajstić information content (AvgIpc) is 2.69. The van der Waals surface area contributed by atoms with Crippen LogP contribution in [0.3, 0.4) is 0 Å². The predicted octanol–water partition coefficient (Wildman–Crippen LogP) is 3.92. The van der Waals surface area contributed by atoms with Crippen LogP contribution >= 0.6 is 0 Å². The van der Waals surface area contributed by atoms with Gasteiger partial charge in [-0.25, -0.2) is 13.5 Å². The van der Waals surface area contributed by atoms with Gasteiger partial charge in [-0.1, -0.05) is 18.2 Å². The normalized spacial score (nSPS) is 10.8. The van der Waals surface area contributed by atoms with Crippen LogP contribution in [-0.2, 0) is 0 Å². The fourth-order valence-electron chi connectivity index (χ4n) is 2.86. The summed E-state index contributed by atoms with van der Waals surface area (Å²) in [5.74, 6) is -1.71. The van der Waals surface area contributed by atoms with Crippen LogP contribution in [0.4, 0.5) is 14.5 Å². The van der Waals surface area contributed by atoms with Crippen LogP contribution in [-0.4, -0.2) is 15.7 Å². The van der Waals surface area contributed by atoms with Crippen LogP contribution in [0.15, 0.2) is 77.6 Å². The van der Waals surface area contributed by atoms with Crippen molar-refractivity contribution in [1.82, 2.24) is 9.78 Å². The summed E-state index contributed by atoms with van der Waals surface area (Å²) < 4.78 is 28.1. The molecular weight excluding hydrogens is 364 g/mol. The topological polar surface area (TPSA) is 64.0 Å². The lowest BCUT2D eigenvalue weighted by Crippen LogP contribution is -2.26. The zero-order chi connectivity index (χ0) is 19.7. The molecule has 0 saturated carbocycles. The monoisotopic (exact) mass is 377 g/mol. The number of rotatable bonds is 3. The molecule has 3 aromatic carbocycles. The summed E-state index contributed by atoms with van der Waals surface area (Å²) in [4.78, 5) is 25.5. The number of halogens is 2. The molecule has 4 rings (SSSR count). The number of aromatic nitrogens is 2. The van der Waals surface area contributed by atoms with Crippen molar-refractivity contribution in [2.45, 2.75) is 0 Å². The van der Waals surface area contributed by atoms with E-state index in [4.69, 9.17) is 0 Å². The zero-order valence-corrected chi connectivity index (χ0v) is 14.4. The van der Waals surface area contributed by atoms with Gasteiger partial charge in [0.2, 0.25) is 5.43 Å². The number of carbonyl (C=O) groups is 1. The van der Waals surface area contributed by atoms with Crippen molar-refractivity contribution in [3.05, 3.63) is 100 Å². The van der Waals surface area contributed by atoms with Crippen molar-refractivity contribution < 1.29 is 13.6 Å². The Bertz CT molecular complexity index is 1250. The standard InChI is InChI=1S/C21H13F2N3O2/c22-13-8-10-16(11-9-13)26-18-7-2-1-6-17(18)20(27)19(25-26)21(28)24-15-5-3-4-14(23)12-15/h1-12H,(H,24,28). The van der Waals surface area contributed by atoms with Crippen molar-refractivity contribution in [3.8, 4) is 5.69 Å². The molecule has 0 bridgehead atoms. The maximum absolute atomic E-state index is 13.4. The number of hydrogen-bond acceptors (Lipinski definition) is 3. The number of carbonyl (C=O) groups excluding carboxylic acids is 1. The molecule has 0 unspecified atom stereocenters. The van der Waals surface area contributed by atoms with Gasteiger partial charge in [0.05, 0.1) is 16.6 Å². The van der Waals surface area contributed by atoms with E-state index in [1.807, 2.05) is 0 Å². The first-order chi connectivity index (χ1) is 13.5. The molecule has 7 heteroatoms. The highest BCUT2D eigenvalue weighted by Crippen LogP contribution is 2.17. The van der Waals surface area contributed by atoms with Crippen LogP contribution in [0.5, 0.6) is 0 Å². The number of hydrogen-bond donors (Lipinski definition) is 1. The molecule has 0 atom stereocenters. The average molecular weight is 377 g/mol. The Hall–Kier alpha value is -3.87. The molecule has 0 saturated heterocycles. The van der Waals surface area contributed by atoms with Crippen LogP contribution in [0.1, 0.15) is 10.5 Å². The quantitative estimate of drug-likeness (QED) is 0.589. The minimum absolute atomic E-state index is 0.202. The first-order valence-electron chi connectivity index (χ1n) is 8.38. The fourth-order valence-corrected chi connectivity index (χ4v) is 2.86. The molecule has 0 aliphatic heterocycles. The fraction of sp³-hybridized carbons (Fsp3) is 0. The molecule has 5 nitrogen and oxygen atoms in total. The second kappa shape index (κ2) is 7.03. The highest BCUT2D eigenvalue weighted by molar-refractivity contribution is 6.04. The number of para-hydroxylation sites is 1. The molecule has 0 aliphatic rings. The molecule has 0 aliphatic carbocycles. The molecule has 1 amide bonds. The summed E-state index contributed by atoms with van der Waals surface area (Å²) in [7, 11) is 0. The minimum Gasteiger partial charge on any atom is -0.320 e. The largest absolute Gasteiger partial charge is 0.320 e. The smallest absolute Gasteiger partial charge is 0.280 e. The third-order valence-corrected chi connectivity index (χ3v) is 4.16. The summed E-state index contributed by atoms with van der Waals surface area (Å²) in [6.07, 6.45) is 0. The summed E-state index contributed by atoms with van der Waals surface area (Å²) in [5, 5.41) is 6.96. The maximum atomic E-state index is 13.4. The van der Waals surface area contributed by atoms with E-state index in [1.54, 1.807) is 24.3 Å². The van der Waals surface area contributed by atoms with Crippen LogP contribution < -0.4 is 10.7 Å². The third-order valence-electron chi connectivity index (χ3n) is 4.16. The van der Waals surface area contributed by atoms with Gasteiger partial charge in [0, 0.05) is 5.69 Å². The summed E-state index contributed by atoms with van der Waals surface area (Å²) in [6, 6.07) is 17.5. The van der Waals surface area contributed by atoms with Gasteiger partial charge >= 0.3 is 0 Å². The molecule has 0 spiro atoms. The van der Waals surface area contributed by atoms with Gasteiger partial charge in [0.15, 0.2) is 5.69 Å². The van der Waals surface area contributed by atoms with Gasteiger partial charge in [-0.05, 0) is 54.6 Å². The van der Waals surface area contributed by atoms with Gasteiger partial charge < -0.3 is 5.32 Å². The van der Waals surface area contributed by atoms with Crippen LogP contribution in [0.2, 0.25) is 0 Å². The Balaban J connectivity index is 1.87. The zero-order valence-electron chi connectivity index (χ0n) is 14.4. The lowest BCUT2D eigenvalue weighted by atomic mass is 10.2. The Morgan fingerprint density at radius 1 is 0.893 bits per heavy atom. The molecule has 1 aromatic heterocycles. The first-order valence-corrected chi connectivity index (χ1v) is 8.38. The van der Waals surface area contributed by atoms with E-state index in [1.165, 1.54) is 47.1 Å². The molecule has 1 N–H and O–H groups in total. The lowest BCUT2D eigenvalue weighted by Gasteiger charge is -2.12. The first kappa shape index (κ1) is 17.5. The Morgan fingerprint density at radius 3 is 2.39 bits per heavy atom.